The maximum atomic E-state index is 14.2. The molecule has 0 bridgehead atoms. The zero-order valence-corrected chi connectivity index (χ0v) is 12.6. The van der Waals surface area contributed by atoms with Crippen LogP contribution in [0.15, 0.2) is 16.6 Å². The monoisotopic (exact) mass is 324 g/mol. The lowest BCUT2D eigenvalue weighted by Gasteiger charge is -2.24. The molecule has 0 aliphatic heterocycles. The highest BCUT2D eigenvalue weighted by molar-refractivity contribution is 9.10. The number of benzene rings is 1. The van der Waals surface area contributed by atoms with Gasteiger partial charge in [-0.25, -0.2) is 4.39 Å². The summed E-state index contributed by atoms with van der Waals surface area (Å²) in [5, 5.41) is 12.2. The number of rotatable bonds is 2. The standard InChI is InChI=1S/C15H18BrFN2/c1-10-5-3-2-4-6-12(10)19-13-8-7-11(9-18)14(16)15(13)17/h7-8,10,12,19H,2-6H2,1H3. The zero-order valence-electron chi connectivity index (χ0n) is 11.0. The summed E-state index contributed by atoms with van der Waals surface area (Å²) in [6.45, 7) is 2.22. The van der Waals surface area contributed by atoms with E-state index < -0.39 is 0 Å². The van der Waals surface area contributed by atoms with Crippen molar-refractivity contribution in [2.75, 3.05) is 5.32 Å². The molecule has 1 aromatic carbocycles. The predicted octanol–water partition coefficient (Wildman–Crippen LogP) is 4.84. The molecular formula is C15H18BrFN2. The summed E-state index contributed by atoms with van der Waals surface area (Å²) in [4.78, 5) is 0. The van der Waals surface area contributed by atoms with Crippen LogP contribution in [0.2, 0.25) is 0 Å². The lowest BCUT2D eigenvalue weighted by Crippen LogP contribution is -2.26. The molecule has 1 aliphatic rings. The molecule has 2 nitrogen and oxygen atoms in total. The first kappa shape index (κ1) is 14.3. The molecule has 2 atom stereocenters. The van der Waals surface area contributed by atoms with Gasteiger partial charge in [-0.3, -0.25) is 0 Å². The average molecular weight is 325 g/mol. The van der Waals surface area contributed by atoms with Crippen molar-refractivity contribution >= 4 is 21.6 Å². The predicted molar refractivity (Wildman–Crippen MR) is 78.5 cm³/mol. The van der Waals surface area contributed by atoms with Gasteiger partial charge in [0.2, 0.25) is 0 Å². The zero-order chi connectivity index (χ0) is 13.8. The fourth-order valence-corrected chi connectivity index (χ4v) is 3.09. The Hall–Kier alpha value is -1.08. The summed E-state index contributed by atoms with van der Waals surface area (Å²) < 4.78 is 14.4. The van der Waals surface area contributed by atoms with E-state index in [0.29, 0.717) is 23.2 Å². The smallest absolute Gasteiger partial charge is 0.161 e. The van der Waals surface area contributed by atoms with Crippen molar-refractivity contribution in [3.8, 4) is 6.07 Å². The summed E-state index contributed by atoms with van der Waals surface area (Å²) in [7, 11) is 0. The Morgan fingerprint density at radius 2 is 2.05 bits per heavy atom. The van der Waals surface area contributed by atoms with Crippen LogP contribution in [-0.4, -0.2) is 6.04 Å². The molecule has 1 fully saturated rings. The lowest BCUT2D eigenvalue weighted by molar-refractivity contribution is 0.454. The lowest BCUT2D eigenvalue weighted by atomic mass is 9.96. The number of nitriles is 1. The number of hydrogen-bond donors (Lipinski definition) is 1. The Morgan fingerprint density at radius 1 is 1.32 bits per heavy atom. The van der Waals surface area contributed by atoms with Gasteiger partial charge in [0.1, 0.15) is 6.07 Å². The highest BCUT2D eigenvalue weighted by Crippen LogP contribution is 2.30. The molecule has 0 aromatic heterocycles. The molecule has 2 rings (SSSR count). The van der Waals surface area contributed by atoms with Crippen molar-refractivity contribution in [3.63, 3.8) is 0 Å². The van der Waals surface area contributed by atoms with Crippen LogP contribution < -0.4 is 5.32 Å². The van der Waals surface area contributed by atoms with Crippen LogP contribution >= 0.6 is 15.9 Å². The van der Waals surface area contributed by atoms with Crippen LogP contribution in [0, 0.1) is 23.1 Å². The van der Waals surface area contributed by atoms with Gasteiger partial charge in [0.25, 0.3) is 0 Å². The second kappa shape index (κ2) is 6.38. The first-order chi connectivity index (χ1) is 9.13. The first-order valence-corrected chi connectivity index (χ1v) is 7.57. The van der Waals surface area contributed by atoms with Crippen LogP contribution in [-0.2, 0) is 0 Å². The van der Waals surface area contributed by atoms with E-state index in [1.165, 1.54) is 25.7 Å². The summed E-state index contributed by atoms with van der Waals surface area (Å²) >= 11 is 3.15. The Balaban J connectivity index is 2.19. The number of halogens is 2. The maximum absolute atomic E-state index is 14.2. The van der Waals surface area contributed by atoms with Crippen LogP contribution in [0.3, 0.4) is 0 Å². The van der Waals surface area contributed by atoms with E-state index in [-0.39, 0.29) is 10.3 Å². The third-order valence-electron chi connectivity index (χ3n) is 3.91. The molecule has 1 saturated carbocycles. The van der Waals surface area contributed by atoms with Gasteiger partial charge < -0.3 is 5.32 Å². The maximum Gasteiger partial charge on any atom is 0.161 e. The Labute approximate surface area is 122 Å². The van der Waals surface area contributed by atoms with Crippen molar-refractivity contribution in [1.29, 1.82) is 5.26 Å². The molecule has 1 aromatic rings. The van der Waals surface area contributed by atoms with Crippen LogP contribution in [0.4, 0.5) is 10.1 Å². The first-order valence-electron chi connectivity index (χ1n) is 6.78. The van der Waals surface area contributed by atoms with Crippen molar-refractivity contribution in [3.05, 3.63) is 28.0 Å². The third kappa shape index (κ3) is 3.27. The molecule has 2 unspecified atom stereocenters. The van der Waals surface area contributed by atoms with Crippen molar-refractivity contribution in [2.45, 2.75) is 45.1 Å². The quantitative estimate of drug-likeness (QED) is 0.790. The number of hydrogen-bond acceptors (Lipinski definition) is 2. The topological polar surface area (TPSA) is 35.8 Å². The molecule has 19 heavy (non-hydrogen) atoms. The van der Waals surface area contributed by atoms with Gasteiger partial charge in [-0.05, 0) is 46.8 Å². The van der Waals surface area contributed by atoms with E-state index >= 15 is 0 Å². The highest BCUT2D eigenvalue weighted by atomic mass is 79.9. The van der Waals surface area contributed by atoms with E-state index in [1.54, 1.807) is 12.1 Å². The SMILES string of the molecule is CC1CCCCCC1Nc1ccc(C#N)c(Br)c1F. The molecule has 0 heterocycles. The van der Waals surface area contributed by atoms with Gasteiger partial charge >= 0.3 is 0 Å². The van der Waals surface area contributed by atoms with E-state index in [9.17, 15) is 4.39 Å². The second-order valence-electron chi connectivity index (χ2n) is 5.27. The molecule has 1 N–H and O–H groups in total. The minimum Gasteiger partial charge on any atom is -0.380 e. The summed E-state index contributed by atoms with van der Waals surface area (Å²) in [6, 6.07) is 5.60. The molecule has 4 heteroatoms. The van der Waals surface area contributed by atoms with E-state index in [4.69, 9.17) is 5.26 Å². The molecule has 0 spiro atoms. The molecule has 0 saturated heterocycles. The highest BCUT2D eigenvalue weighted by Gasteiger charge is 2.21. The van der Waals surface area contributed by atoms with Crippen molar-refractivity contribution in [1.82, 2.24) is 0 Å². The molecular weight excluding hydrogens is 307 g/mol. The summed E-state index contributed by atoms with van der Waals surface area (Å²) in [5.41, 5.74) is 0.821. The van der Waals surface area contributed by atoms with Crippen molar-refractivity contribution in [2.24, 2.45) is 5.92 Å². The fraction of sp³-hybridized carbons (Fsp3) is 0.533. The normalized spacial score (nSPS) is 23.5. The van der Waals surface area contributed by atoms with Gasteiger partial charge in [-0.1, -0.05) is 26.2 Å². The van der Waals surface area contributed by atoms with Gasteiger partial charge in [0.15, 0.2) is 5.82 Å². The minimum atomic E-state index is -0.365. The summed E-state index contributed by atoms with van der Waals surface area (Å²) in [5.74, 6) is 0.187. The molecule has 1 aliphatic carbocycles. The van der Waals surface area contributed by atoms with Gasteiger partial charge in [0.05, 0.1) is 15.7 Å². The van der Waals surface area contributed by atoms with Gasteiger partial charge in [-0.15, -0.1) is 0 Å². The average Bonchev–Trinajstić information content (AvgIpc) is 2.61. The number of nitrogens with zero attached hydrogens (tertiary/aromatic N) is 1. The van der Waals surface area contributed by atoms with E-state index in [1.807, 2.05) is 6.07 Å². The third-order valence-corrected chi connectivity index (χ3v) is 4.68. The Kier molecular flexibility index (Phi) is 4.81. The molecule has 102 valence electrons. The number of anilines is 1. The van der Waals surface area contributed by atoms with Crippen LogP contribution in [0.25, 0.3) is 0 Å². The van der Waals surface area contributed by atoms with Crippen LogP contribution in [0.1, 0.15) is 44.6 Å². The molecule has 0 radical (unpaired) electrons. The van der Waals surface area contributed by atoms with Gasteiger partial charge in [-0.2, -0.15) is 5.26 Å². The van der Waals surface area contributed by atoms with E-state index in [0.717, 1.165) is 6.42 Å². The largest absolute Gasteiger partial charge is 0.380 e. The number of nitrogens with one attached hydrogen (secondary N) is 1. The van der Waals surface area contributed by atoms with Crippen molar-refractivity contribution < 1.29 is 4.39 Å². The summed E-state index contributed by atoms with van der Waals surface area (Å²) in [6.07, 6.45) is 6.00. The molecule has 0 amide bonds. The Morgan fingerprint density at radius 3 is 2.79 bits per heavy atom. The van der Waals surface area contributed by atoms with Gasteiger partial charge in [0, 0.05) is 6.04 Å². The minimum absolute atomic E-state index is 0.251. The second-order valence-corrected chi connectivity index (χ2v) is 6.06. The van der Waals surface area contributed by atoms with E-state index in [2.05, 4.69) is 28.2 Å². The fourth-order valence-electron chi connectivity index (χ4n) is 2.65. The van der Waals surface area contributed by atoms with Crippen LogP contribution in [0.5, 0.6) is 0 Å². The Bertz CT molecular complexity index is 496.